The molecule has 0 aromatic rings. The Morgan fingerprint density at radius 3 is 0.828 bits per heavy atom. The predicted molar refractivity (Wildman–Crippen MR) is 128 cm³/mol. The first-order chi connectivity index (χ1) is 12.7. The van der Waals surface area contributed by atoms with Gasteiger partial charge >= 0.3 is 173 Å². The summed E-state index contributed by atoms with van der Waals surface area (Å²) < 4.78 is 2.01. The fourth-order valence-electron chi connectivity index (χ4n) is 21.5. The van der Waals surface area contributed by atoms with Crippen LogP contribution in [0.15, 0.2) is 0 Å². The van der Waals surface area contributed by atoms with Gasteiger partial charge < -0.3 is 0 Å². The molecule has 0 aliphatic carbocycles. The van der Waals surface area contributed by atoms with E-state index in [1.165, 1.54) is 38.5 Å². The first-order valence-electron chi connectivity index (χ1n) is 12.5. The first kappa shape index (κ1) is 16.9. The van der Waals surface area contributed by atoms with E-state index in [1.807, 2.05) is 0 Å². The van der Waals surface area contributed by atoms with Gasteiger partial charge in [0.25, 0.3) is 0 Å². The number of fused-ring (bicyclic) bond motifs is 10. The van der Waals surface area contributed by atoms with Gasteiger partial charge in [0.05, 0.1) is 0 Å². The molecule has 4 unspecified atom stereocenters. The molecule has 0 amide bonds. The summed E-state index contributed by atoms with van der Waals surface area (Å²) in [5.74, 6) is 0. The van der Waals surface area contributed by atoms with Crippen LogP contribution in [-0.2, 0) is 6.51 Å². The summed E-state index contributed by atoms with van der Waals surface area (Å²) in [7, 11) is 0.161. The molecule has 10 saturated heterocycles. The van der Waals surface area contributed by atoms with Gasteiger partial charge in [-0.05, 0) is 0 Å². The molecule has 0 saturated carbocycles. The topological polar surface area (TPSA) is 0 Å². The summed E-state index contributed by atoms with van der Waals surface area (Å²) in [6.07, 6.45) is 0. The van der Waals surface area contributed by atoms with E-state index in [9.17, 15) is 0 Å². The molecule has 0 aromatic heterocycles. The zero-order valence-electron chi connectivity index (χ0n) is 20.9. The average molecular weight is 474 g/mol. The quantitative estimate of drug-likeness (QED) is 0.276. The van der Waals surface area contributed by atoms with Gasteiger partial charge in [-0.15, -0.1) is 0 Å². The fraction of sp³-hybridized carbons (Fsp3) is 1.00. The van der Waals surface area contributed by atoms with Crippen molar-refractivity contribution in [1.29, 1.82) is 0 Å². The van der Waals surface area contributed by atoms with Crippen LogP contribution in [0, 0.1) is 0 Å². The second kappa shape index (κ2) is 1.87. The van der Waals surface area contributed by atoms with Crippen molar-refractivity contribution in [3.63, 3.8) is 0 Å². The van der Waals surface area contributed by atoms with E-state index in [-0.39, 0.29) is 15.8 Å². The third-order valence-electron chi connectivity index (χ3n) is 18.0. The van der Waals surface area contributed by atoms with E-state index < -0.39 is 6.51 Å². The van der Waals surface area contributed by atoms with Gasteiger partial charge in [-0.25, -0.2) is 0 Å². The molecule has 0 N–H and O–H groups in total. The number of hydrogen-bond donors (Lipinski definition) is 0. The van der Waals surface area contributed by atoms with Gasteiger partial charge in [-0.3, -0.25) is 0 Å². The second-order valence-corrected chi connectivity index (χ2v) is 51.2. The molecule has 1 spiro atoms. The summed E-state index contributed by atoms with van der Waals surface area (Å²) >= 11 is 0. The van der Waals surface area contributed by atoms with Gasteiger partial charge in [0, 0.05) is 0 Å². The van der Waals surface area contributed by atoms with E-state index in [2.05, 4.69) is 83.1 Å². The second-order valence-electron chi connectivity index (χ2n) is 19.0. The van der Waals surface area contributed by atoms with Crippen LogP contribution < -0.4 is 0 Å². The SMILES string of the molecule is CC(C)(C)P(C(C)(C)C)[C]12[CH]3[CH]4[CH]5[C]1(P(C(C)(C)C)C(C)(C)C)[Fe]43521678[CH]2[CH]1[CH]6[CH]7[CH]28. The van der Waals surface area contributed by atoms with Crippen molar-refractivity contribution in [1.82, 2.24) is 0 Å². The van der Waals surface area contributed by atoms with Crippen LogP contribution in [0.2, 0.25) is 38.5 Å². The number of hydrogen-bond acceptors (Lipinski definition) is 0. The van der Waals surface area contributed by atoms with Crippen LogP contribution in [0.3, 0.4) is 0 Å². The van der Waals surface area contributed by atoms with Gasteiger partial charge in [0.1, 0.15) is 0 Å². The summed E-state index contributed by atoms with van der Waals surface area (Å²) in [5, 5.41) is 2.15. The molecule has 10 heterocycles. The first-order valence-corrected chi connectivity index (χ1v) is 21.4. The summed E-state index contributed by atoms with van der Waals surface area (Å²) in [5.41, 5.74) is 0. The summed E-state index contributed by atoms with van der Waals surface area (Å²) in [4.78, 5) is 11.4. The molecule has 0 radical (unpaired) electrons. The van der Waals surface area contributed by atoms with Gasteiger partial charge in [0.2, 0.25) is 0 Å². The van der Waals surface area contributed by atoms with Crippen LogP contribution in [-0.4, -0.2) is 28.7 Å². The normalized spacial score (nSPS) is 80.3. The van der Waals surface area contributed by atoms with Gasteiger partial charge in [0.15, 0.2) is 0 Å². The van der Waals surface area contributed by atoms with E-state index in [0.717, 1.165) is 8.11 Å². The molecule has 166 valence electrons. The Morgan fingerprint density at radius 1 is 0.448 bits per heavy atom. The van der Waals surface area contributed by atoms with Crippen molar-refractivity contribution in [2.75, 3.05) is 0 Å². The van der Waals surface area contributed by atoms with Crippen molar-refractivity contribution >= 4 is 15.8 Å². The molecule has 4 atom stereocenters. The van der Waals surface area contributed by atoms with Crippen molar-refractivity contribution in [2.24, 2.45) is 0 Å². The molecule has 10 rings (SSSR count). The van der Waals surface area contributed by atoms with Crippen LogP contribution in [0.4, 0.5) is 0 Å². The summed E-state index contributed by atoms with van der Waals surface area (Å²) in [6, 6.07) is 0. The van der Waals surface area contributed by atoms with Crippen LogP contribution in [0.25, 0.3) is 0 Å². The number of rotatable bonds is 2. The Hall–Kier alpha value is 1.38. The molecule has 0 aromatic carbocycles. The molecule has 10 aliphatic rings. The minimum absolute atomic E-state index is 0.0807. The molecular formula is C26H44FeP2. The van der Waals surface area contributed by atoms with E-state index in [1.54, 1.807) is 0 Å². The predicted octanol–water partition coefficient (Wildman–Crippen LogP) is 9.35. The molecular weight excluding hydrogens is 430 g/mol. The molecule has 3 heteroatoms. The Kier molecular flexibility index (Phi) is 1.09. The Labute approximate surface area is 172 Å². The van der Waals surface area contributed by atoms with Gasteiger partial charge in [-0.1, -0.05) is 0 Å². The van der Waals surface area contributed by atoms with Crippen molar-refractivity contribution < 1.29 is 6.51 Å². The van der Waals surface area contributed by atoms with E-state index in [0.29, 0.717) is 20.6 Å². The van der Waals surface area contributed by atoms with Crippen molar-refractivity contribution in [2.45, 2.75) is 150 Å². The zero-order valence-corrected chi connectivity index (χ0v) is 23.8. The van der Waals surface area contributed by atoms with Crippen LogP contribution in [0.5, 0.6) is 0 Å². The van der Waals surface area contributed by atoms with E-state index in [4.69, 9.17) is 0 Å². The molecule has 0 bridgehead atoms. The molecule has 29 heavy (non-hydrogen) atoms. The minimum atomic E-state index is -3.47. The molecule has 10 aliphatic heterocycles. The monoisotopic (exact) mass is 474 g/mol. The average Bonchev–Trinajstić information content (AvgIpc) is 3.36. The zero-order chi connectivity index (χ0) is 21.1. The van der Waals surface area contributed by atoms with Crippen molar-refractivity contribution in [3.05, 3.63) is 0 Å². The molecule has 0 nitrogen and oxygen atoms in total. The van der Waals surface area contributed by atoms with E-state index >= 15 is 0 Å². The standard InChI is InChI=1S/C21H39P2.C5H5.Fe/c1-18(2,3)22(19(4,5)6)16-14-13-15-17(16)23(20(7,8)9)21(10,11)12;1-2-4-5-3-1;/h13-15H,1-12H3;1-5H;. The summed E-state index contributed by atoms with van der Waals surface area (Å²) in [6.45, 7) is 28.9. The fourth-order valence-corrected chi connectivity index (χ4v) is 133. The maximum atomic E-state index is 2.69. The molecule has 10 fully saturated rings. The van der Waals surface area contributed by atoms with Crippen molar-refractivity contribution in [3.8, 4) is 0 Å². The third-order valence-corrected chi connectivity index (χ3v) is 77.0. The Morgan fingerprint density at radius 2 is 0.690 bits per heavy atom. The Balaban J connectivity index is 1.40. The van der Waals surface area contributed by atoms with Gasteiger partial charge in [-0.2, -0.15) is 0 Å². The third kappa shape index (κ3) is 0.315. The Bertz CT molecular complexity index is 1210. The van der Waals surface area contributed by atoms with Crippen LogP contribution >= 0.6 is 15.8 Å². The van der Waals surface area contributed by atoms with Crippen LogP contribution in [0.1, 0.15) is 83.1 Å². The maximum absolute atomic E-state index is 3.47.